The highest BCUT2D eigenvalue weighted by Gasteiger charge is 2.75. The van der Waals surface area contributed by atoms with E-state index < -0.39 is 21.0 Å². The number of nitrogens with zero attached hydrogens (tertiary/aromatic N) is 1. The molecule has 2 spiro atoms. The summed E-state index contributed by atoms with van der Waals surface area (Å²) in [6.07, 6.45) is 0. The summed E-state index contributed by atoms with van der Waals surface area (Å²) in [4.78, 5) is 0.328. The van der Waals surface area contributed by atoms with Gasteiger partial charge in [0.15, 0.2) is 0 Å². The third-order valence-corrected chi connectivity index (χ3v) is 30.2. The smallest absolute Gasteiger partial charge is 0.249 e. The van der Waals surface area contributed by atoms with Crippen LogP contribution < -0.4 is 4.31 Å². The third kappa shape index (κ3) is 2.08. The first-order chi connectivity index (χ1) is 41.9. The molecule has 4 aliphatic carbocycles. The zero-order valence-corrected chi connectivity index (χ0v) is 45.4. The Morgan fingerprint density at radius 3 is 0.871 bits per heavy atom. The fraction of sp³-hybridized carbons (Fsp3) is 0.0500. The van der Waals surface area contributed by atoms with Gasteiger partial charge in [-0.15, -0.1) is 0 Å². The topological polar surface area (TPSA) is 37.4 Å². The Balaban J connectivity index is 1.07. The van der Waals surface area contributed by atoms with Gasteiger partial charge in [0.05, 0.1) is 16.0 Å². The Kier molecular flexibility index (Phi) is 3.37. The van der Waals surface area contributed by atoms with E-state index in [4.69, 9.17) is 11.6 Å². The molecule has 0 N–H and O–H groups in total. The van der Waals surface area contributed by atoms with Crippen LogP contribution in [0.3, 0.4) is 0 Å². The molecule has 0 saturated carbocycles. The Labute approximate surface area is 473 Å². The number of sulfonamides is 1. The summed E-state index contributed by atoms with van der Waals surface area (Å²) in [6.45, 7) is 4.31. The van der Waals surface area contributed by atoms with Gasteiger partial charge in [-0.2, -0.15) is 0 Å². The van der Waals surface area contributed by atoms with E-state index in [1.807, 2.05) is 30.3 Å². The summed E-state index contributed by atoms with van der Waals surface area (Å²) in [6, 6.07) is 21.4. The fourth-order valence-electron chi connectivity index (χ4n) is 27.4. The lowest BCUT2D eigenvalue weighted by molar-refractivity contribution is 0.392. The second-order valence-corrected chi connectivity index (χ2v) is 31.7. The third-order valence-electron chi connectivity index (χ3n) is 28.2. The summed E-state index contributed by atoms with van der Waals surface area (Å²) < 4.78 is 38.5. The van der Waals surface area contributed by atoms with Gasteiger partial charge in [0.1, 0.15) is 5.54 Å². The summed E-state index contributed by atoms with van der Waals surface area (Å²) in [5.41, 5.74) is 8.95. The van der Waals surface area contributed by atoms with Crippen molar-refractivity contribution in [3.8, 4) is 11.1 Å². The van der Waals surface area contributed by atoms with Gasteiger partial charge in [-0.3, -0.25) is 0 Å². The average molecular weight is 1090 g/mol. The number of hydrogen-bond acceptors (Lipinski definition) is 2. The quantitative estimate of drug-likeness (QED) is 0.162. The van der Waals surface area contributed by atoms with Crippen molar-refractivity contribution in [2.24, 2.45) is 0 Å². The minimum Gasteiger partial charge on any atom is -0.249 e. The van der Waals surface area contributed by atoms with Crippen molar-refractivity contribution in [3.63, 3.8) is 0 Å². The largest absolute Gasteiger partial charge is 0.265 e. The monoisotopic (exact) mass is 1090 g/mol. The van der Waals surface area contributed by atoms with Crippen LogP contribution in [0.25, 0.3) is 302 Å². The van der Waals surface area contributed by atoms with Gasteiger partial charge in [-0.1, -0.05) is 53.1 Å². The van der Waals surface area contributed by atoms with Crippen molar-refractivity contribution in [3.05, 3.63) is 105 Å². The molecule has 0 atom stereocenters. The van der Waals surface area contributed by atoms with Crippen LogP contribution in [0.5, 0.6) is 0 Å². The SMILES string of the molecule is Cc1ccc(S(=O)(=O)N2c3ccc(Cl)cc3-c3cc(C)ccc3C34c5c6c7c8c9c%10c(c%11c%12c3c3c5c5c%13c6c6c7c7c9c9c%14c%10c%10c%11c%11c%12c%12c3c3c5c5c%13c%13c6c6c7c9c7c9c%14c%10c%10c%11c%11c%12c3c3c5c5c%13c6c7c6c9c%10c%11c3c56)C824)cc1. The minimum atomic E-state index is -4.51. The second-order valence-electron chi connectivity index (χ2n) is 29.5. The van der Waals surface area contributed by atoms with Gasteiger partial charge in [-0.25, -0.2) is 12.7 Å². The number of halogens is 1. The molecule has 85 heavy (non-hydrogen) atoms. The molecular formula is C80H16ClNO2S. The number of anilines is 1. The first-order valence-corrected chi connectivity index (χ1v) is 32.5. The number of rotatable bonds is 2. The molecule has 0 amide bonds. The van der Waals surface area contributed by atoms with E-state index in [0.29, 0.717) is 15.6 Å². The molecule has 1 aliphatic heterocycles. The van der Waals surface area contributed by atoms with E-state index in [0.717, 1.165) is 22.3 Å². The molecule has 0 saturated heterocycles. The number of fused-ring (bicyclic) bond motifs is 3. The van der Waals surface area contributed by atoms with E-state index in [1.165, 1.54) is 254 Å². The molecular weight excluding hydrogens is 1070 g/mol. The van der Waals surface area contributed by atoms with Crippen molar-refractivity contribution in [2.45, 2.75) is 29.7 Å². The van der Waals surface area contributed by atoms with Crippen LogP contribution in [0.1, 0.15) is 38.9 Å². The normalized spacial score (nSPS) is 20.6. The molecule has 0 unspecified atom stereocenters. The standard InChI is InChI=1S/C80H16ClNO2S/c1-13-3-7-16(8-4-13)85(83,84)82-20-10-6-15(81)12-18(20)17-11-14(2)5-9-19(17)79-75-67-59-49-39-31-23-21-22-25-29-27(23)35-43-37(29)47-41-33(25)34-26(22)30-28-24(21)32(31)40-46-36(28)44-38(30)48-42(34)52-51(41)63-57(47)65-55(43)61(53(59)45(35)39)69(75)71(65)77-73(63)74-64(52)58(48)66-56(44)62-54(46)60(50(40)49)68(67)76(79)70(62)72(66)78(74)80(77,79)82/h3-12H,1-2H3. The molecule has 5 heteroatoms. The van der Waals surface area contributed by atoms with Crippen molar-refractivity contribution in [2.75, 3.05) is 4.31 Å². The van der Waals surface area contributed by atoms with Gasteiger partial charge in [-0.05, 0) is 357 Å². The maximum Gasteiger partial charge on any atom is 0.265 e. The van der Waals surface area contributed by atoms with Crippen LogP contribution in [-0.4, -0.2) is 8.42 Å². The Morgan fingerprint density at radius 1 is 0.294 bits per heavy atom. The molecule has 31 aromatic rings. The zero-order valence-electron chi connectivity index (χ0n) is 43.8. The van der Waals surface area contributed by atoms with Crippen molar-refractivity contribution in [1.82, 2.24) is 0 Å². The molecule has 0 bridgehead atoms. The fourth-order valence-corrected chi connectivity index (χ4v) is 29.4. The van der Waals surface area contributed by atoms with Gasteiger partial charge in [0, 0.05) is 21.7 Å². The van der Waals surface area contributed by atoms with Crippen LogP contribution in [0.4, 0.5) is 5.69 Å². The van der Waals surface area contributed by atoms with E-state index >= 15 is 8.42 Å². The lowest BCUT2D eigenvalue weighted by Gasteiger charge is -2.58. The van der Waals surface area contributed by atoms with Crippen molar-refractivity contribution in [1.29, 1.82) is 0 Å². The van der Waals surface area contributed by atoms with Crippen molar-refractivity contribution < 1.29 is 8.42 Å². The van der Waals surface area contributed by atoms with Gasteiger partial charge in [0.25, 0.3) is 10.0 Å². The van der Waals surface area contributed by atoms with Crippen LogP contribution >= 0.6 is 11.6 Å². The van der Waals surface area contributed by atoms with Gasteiger partial charge < -0.3 is 0 Å². The number of benzene rings is 21. The van der Waals surface area contributed by atoms with Gasteiger partial charge in [0.2, 0.25) is 0 Å². The minimum absolute atomic E-state index is 0.328. The Morgan fingerprint density at radius 2 is 0.565 bits per heavy atom. The number of aryl methyl sites for hydroxylation is 2. The van der Waals surface area contributed by atoms with Crippen LogP contribution in [0.15, 0.2) is 65.6 Å². The molecule has 3 nitrogen and oxygen atoms in total. The predicted molar refractivity (Wildman–Crippen MR) is 355 cm³/mol. The van der Waals surface area contributed by atoms with E-state index in [1.54, 1.807) is 64.6 Å². The highest BCUT2D eigenvalue weighted by Crippen LogP contribution is 2.87. The molecule has 1 heterocycles. The van der Waals surface area contributed by atoms with Crippen LogP contribution in [0, 0.1) is 13.8 Å². The molecule has 0 aromatic heterocycles. The Hall–Kier alpha value is -9.84. The molecule has 0 radical (unpaired) electrons. The molecule has 5 aliphatic rings. The first-order valence-electron chi connectivity index (χ1n) is 30.7. The maximum atomic E-state index is 18.1. The van der Waals surface area contributed by atoms with Crippen molar-refractivity contribution >= 4 is 318 Å². The van der Waals surface area contributed by atoms with Gasteiger partial charge >= 0.3 is 0 Å². The van der Waals surface area contributed by atoms with E-state index in [-0.39, 0.29) is 0 Å². The average Bonchev–Trinajstić information content (AvgIpc) is 1.38. The first kappa shape index (κ1) is 34.7. The molecule has 0 fully saturated rings. The predicted octanol–water partition coefficient (Wildman–Crippen LogP) is 21.4. The molecule has 31 aromatic carbocycles. The van der Waals surface area contributed by atoms with E-state index in [9.17, 15) is 0 Å². The van der Waals surface area contributed by atoms with E-state index in [2.05, 4.69) is 48.5 Å². The lowest BCUT2D eigenvalue weighted by Crippen LogP contribution is -2.63. The highest BCUT2D eigenvalue weighted by atomic mass is 35.5. The summed E-state index contributed by atoms with van der Waals surface area (Å²) in [7, 11) is -4.51. The molecule has 36 rings (SSSR count). The second kappa shape index (κ2) is 8.26. The Bertz CT molecular complexity index is 8450. The molecule has 366 valence electrons. The number of hydrogen-bond donors (Lipinski definition) is 0. The summed E-state index contributed by atoms with van der Waals surface area (Å²) in [5, 5.41) is 81.1. The lowest BCUT2D eigenvalue weighted by atomic mass is 9.50. The highest BCUT2D eigenvalue weighted by molar-refractivity contribution is 7.93. The van der Waals surface area contributed by atoms with Crippen LogP contribution in [0.2, 0.25) is 5.02 Å². The maximum absolute atomic E-state index is 18.1. The summed E-state index contributed by atoms with van der Waals surface area (Å²) >= 11 is 7.47. The van der Waals surface area contributed by atoms with Crippen LogP contribution in [-0.2, 0) is 21.0 Å². The summed E-state index contributed by atoms with van der Waals surface area (Å²) in [5.74, 6) is 0. The zero-order chi connectivity index (χ0) is 52.3.